The standard InChI is InChI=1S/C19H23N3O5/c23-13-7-9-20(10-8-13)16-6-5-12(11-17(16)22(26)27)21-18(24)14-3-1-2-4-15(14)19(21)25/h5-6,11,13-15,23H,1-4,7-10H2. The van der Waals surface area contributed by atoms with Crippen LogP contribution >= 0.6 is 0 Å². The molecule has 27 heavy (non-hydrogen) atoms. The summed E-state index contributed by atoms with van der Waals surface area (Å²) in [6, 6.07) is 4.59. The van der Waals surface area contributed by atoms with Crippen molar-refractivity contribution < 1.29 is 19.6 Å². The lowest BCUT2D eigenvalue weighted by atomic mass is 9.81. The fourth-order valence-corrected chi connectivity index (χ4v) is 4.59. The summed E-state index contributed by atoms with van der Waals surface area (Å²) in [4.78, 5) is 39.7. The zero-order valence-electron chi connectivity index (χ0n) is 15.0. The largest absolute Gasteiger partial charge is 0.393 e. The smallest absolute Gasteiger partial charge is 0.294 e. The summed E-state index contributed by atoms with van der Waals surface area (Å²) >= 11 is 0. The minimum Gasteiger partial charge on any atom is -0.393 e. The van der Waals surface area contributed by atoms with Gasteiger partial charge in [0.05, 0.1) is 28.6 Å². The number of hydrogen-bond donors (Lipinski definition) is 1. The zero-order valence-corrected chi connectivity index (χ0v) is 15.0. The zero-order chi connectivity index (χ0) is 19.1. The van der Waals surface area contributed by atoms with Crippen molar-refractivity contribution in [2.24, 2.45) is 11.8 Å². The fourth-order valence-electron chi connectivity index (χ4n) is 4.59. The molecule has 0 radical (unpaired) electrons. The molecule has 1 saturated carbocycles. The molecular weight excluding hydrogens is 350 g/mol. The molecule has 2 amide bonds. The van der Waals surface area contributed by atoms with Crippen LogP contribution in [0.1, 0.15) is 38.5 Å². The quantitative estimate of drug-likeness (QED) is 0.495. The van der Waals surface area contributed by atoms with Gasteiger partial charge in [-0.2, -0.15) is 0 Å². The molecule has 2 aliphatic heterocycles. The molecule has 3 aliphatic rings. The molecule has 2 unspecified atom stereocenters. The second-order valence-corrected chi connectivity index (χ2v) is 7.66. The lowest BCUT2D eigenvalue weighted by Crippen LogP contribution is -2.36. The molecule has 0 bridgehead atoms. The molecule has 3 fully saturated rings. The van der Waals surface area contributed by atoms with Crippen molar-refractivity contribution in [1.82, 2.24) is 0 Å². The van der Waals surface area contributed by atoms with Crippen LogP contribution in [0.2, 0.25) is 0 Å². The highest BCUT2D eigenvalue weighted by atomic mass is 16.6. The molecule has 0 spiro atoms. The van der Waals surface area contributed by atoms with Gasteiger partial charge < -0.3 is 10.0 Å². The van der Waals surface area contributed by atoms with Crippen molar-refractivity contribution in [3.05, 3.63) is 28.3 Å². The summed E-state index contributed by atoms with van der Waals surface area (Å²) < 4.78 is 0. The molecule has 2 heterocycles. The first-order chi connectivity index (χ1) is 13.0. The van der Waals surface area contributed by atoms with Crippen LogP contribution in [0.4, 0.5) is 17.1 Å². The van der Waals surface area contributed by atoms with Crippen LogP contribution in [0.5, 0.6) is 0 Å². The summed E-state index contributed by atoms with van der Waals surface area (Å²) in [6.07, 6.45) is 4.05. The Hall–Kier alpha value is -2.48. The van der Waals surface area contributed by atoms with Crippen LogP contribution < -0.4 is 9.80 Å². The Morgan fingerprint density at radius 3 is 2.15 bits per heavy atom. The number of aliphatic hydroxyl groups excluding tert-OH is 1. The van der Waals surface area contributed by atoms with Crippen LogP contribution in [0.3, 0.4) is 0 Å². The van der Waals surface area contributed by atoms with Crippen molar-refractivity contribution in [2.75, 3.05) is 22.9 Å². The summed E-state index contributed by atoms with van der Waals surface area (Å²) in [5.41, 5.74) is 0.637. The van der Waals surface area contributed by atoms with Crippen LogP contribution in [0.15, 0.2) is 18.2 Å². The third-order valence-electron chi connectivity index (χ3n) is 6.06. The Labute approximate surface area is 156 Å². The van der Waals surface area contributed by atoms with Crippen molar-refractivity contribution in [3.8, 4) is 0 Å². The Bertz CT molecular complexity index is 764. The van der Waals surface area contributed by atoms with Gasteiger partial charge in [-0.25, -0.2) is 4.90 Å². The number of hydrogen-bond acceptors (Lipinski definition) is 6. The number of carbonyl (C=O) groups is 2. The number of nitrogens with zero attached hydrogens (tertiary/aromatic N) is 3. The number of imide groups is 1. The lowest BCUT2D eigenvalue weighted by Gasteiger charge is -2.31. The van der Waals surface area contributed by atoms with Gasteiger partial charge in [-0.05, 0) is 37.8 Å². The van der Waals surface area contributed by atoms with E-state index in [0.29, 0.717) is 44.5 Å². The predicted molar refractivity (Wildman–Crippen MR) is 98.5 cm³/mol. The topological polar surface area (TPSA) is 104 Å². The molecule has 8 heteroatoms. The van der Waals surface area contributed by atoms with Gasteiger partial charge in [0.25, 0.3) is 5.69 Å². The van der Waals surface area contributed by atoms with Crippen LogP contribution in [-0.4, -0.2) is 41.0 Å². The van der Waals surface area contributed by atoms with Gasteiger partial charge in [0.15, 0.2) is 0 Å². The Morgan fingerprint density at radius 1 is 1.00 bits per heavy atom. The average molecular weight is 373 g/mol. The van der Waals surface area contributed by atoms with Crippen molar-refractivity contribution in [1.29, 1.82) is 0 Å². The van der Waals surface area contributed by atoms with E-state index in [-0.39, 0.29) is 41.1 Å². The van der Waals surface area contributed by atoms with Gasteiger partial charge in [0.1, 0.15) is 5.69 Å². The SMILES string of the molecule is O=C1C2CCCCC2C(=O)N1c1ccc(N2CCC(O)CC2)c([N+](=O)[O-])c1. The molecule has 2 atom stereocenters. The molecule has 144 valence electrons. The van der Waals surface area contributed by atoms with Crippen LogP contribution in [-0.2, 0) is 9.59 Å². The molecule has 8 nitrogen and oxygen atoms in total. The molecule has 1 aromatic carbocycles. The van der Waals surface area contributed by atoms with E-state index in [9.17, 15) is 24.8 Å². The van der Waals surface area contributed by atoms with Crippen LogP contribution in [0, 0.1) is 22.0 Å². The van der Waals surface area contributed by atoms with Gasteiger partial charge in [-0.3, -0.25) is 19.7 Å². The minimum atomic E-state index is -0.470. The van der Waals surface area contributed by atoms with Crippen molar-refractivity contribution >= 4 is 28.9 Å². The van der Waals surface area contributed by atoms with E-state index < -0.39 is 4.92 Å². The first-order valence-corrected chi connectivity index (χ1v) is 9.56. The fraction of sp³-hybridized carbons (Fsp3) is 0.579. The van der Waals surface area contributed by atoms with Crippen molar-refractivity contribution in [3.63, 3.8) is 0 Å². The van der Waals surface area contributed by atoms with E-state index in [0.717, 1.165) is 17.7 Å². The Balaban J connectivity index is 1.66. The highest BCUT2D eigenvalue weighted by Gasteiger charge is 2.49. The van der Waals surface area contributed by atoms with Gasteiger partial charge >= 0.3 is 0 Å². The maximum absolute atomic E-state index is 12.8. The number of carbonyl (C=O) groups excluding carboxylic acids is 2. The average Bonchev–Trinajstić information content (AvgIpc) is 2.93. The number of nitro benzene ring substituents is 1. The second-order valence-electron chi connectivity index (χ2n) is 7.66. The first-order valence-electron chi connectivity index (χ1n) is 9.56. The number of amides is 2. The van der Waals surface area contributed by atoms with Gasteiger partial charge in [-0.1, -0.05) is 12.8 Å². The van der Waals surface area contributed by atoms with Crippen molar-refractivity contribution in [2.45, 2.75) is 44.6 Å². The Morgan fingerprint density at radius 2 is 1.59 bits per heavy atom. The van der Waals surface area contributed by atoms with E-state index in [4.69, 9.17) is 0 Å². The maximum atomic E-state index is 12.8. The third-order valence-corrected chi connectivity index (χ3v) is 6.06. The molecule has 1 N–H and O–H groups in total. The van der Waals surface area contributed by atoms with E-state index in [2.05, 4.69) is 0 Å². The molecule has 1 aromatic rings. The molecule has 2 saturated heterocycles. The summed E-state index contributed by atoms with van der Waals surface area (Å²) in [7, 11) is 0. The van der Waals surface area contributed by atoms with E-state index >= 15 is 0 Å². The maximum Gasteiger partial charge on any atom is 0.294 e. The minimum absolute atomic E-state index is 0.112. The van der Waals surface area contributed by atoms with E-state index in [1.165, 1.54) is 6.07 Å². The normalized spacial score (nSPS) is 26.4. The highest BCUT2D eigenvalue weighted by Crippen LogP contribution is 2.42. The van der Waals surface area contributed by atoms with E-state index in [1.807, 2.05) is 4.90 Å². The van der Waals surface area contributed by atoms with Gasteiger partial charge in [0.2, 0.25) is 11.8 Å². The molecule has 0 aromatic heterocycles. The number of anilines is 2. The number of benzene rings is 1. The number of aliphatic hydroxyl groups is 1. The van der Waals surface area contributed by atoms with Gasteiger partial charge in [0, 0.05) is 19.2 Å². The summed E-state index contributed by atoms with van der Waals surface area (Å²) in [5.74, 6) is -1.03. The Kier molecular flexibility index (Phi) is 4.59. The summed E-state index contributed by atoms with van der Waals surface area (Å²) in [5, 5.41) is 21.3. The van der Waals surface area contributed by atoms with E-state index in [1.54, 1.807) is 12.1 Å². The second kappa shape index (κ2) is 6.92. The monoisotopic (exact) mass is 373 g/mol. The number of piperidine rings is 1. The first kappa shape index (κ1) is 17.9. The van der Waals surface area contributed by atoms with Gasteiger partial charge in [-0.15, -0.1) is 0 Å². The lowest BCUT2D eigenvalue weighted by molar-refractivity contribution is -0.384. The third kappa shape index (κ3) is 3.07. The highest BCUT2D eigenvalue weighted by molar-refractivity contribution is 6.22. The molecular formula is C19H23N3O5. The number of rotatable bonds is 3. The molecule has 4 rings (SSSR count). The molecule has 1 aliphatic carbocycles. The van der Waals surface area contributed by atoms with Crippen LogP contribution in [0.25, 0.3) is 0 Å². The predicted octanol–water partition coefficient (Wildman–Crippen LogP) is 2.24. The number of nitro groups is 1. The summed E-state index contributed by atoms with van der Waals surface area (Å²) in [6.45, 7) is 1.07. The number of fused-ring (bicyclic) bond motifs is 1.